The van der Waals surface area contributed by atoms with Crippen LogP contribution in [0, 0.1) is 0 Å². The average molecular weight is 233 g/mol. The van der Waals surface area contributed by atoms with E-state index in [-0.39, 0.29) is 6.10 Å². The molecule has 1 heterocycles. The van der Waals surface area contributed by atoms with Gasteiger partial charge in [0.05, 0.1) is 6.10 Å². The first-order valence-electron chi connectivity index (χ1n) is 6.79. The molecule has 1 atom stereocenters. The first-order chi connectivity index (χ1) is 8.29. The van der Waals surface area contributed by atoms with Gasteiger partial charge in [-0.3, -0.25) is 0 Å². The summed E-state index contributed by atoms with van der Waals surface area (Å²) < 4.78 is 0. The van der Waals surface area contributed by atoms with Crippen LogP contribution >= 0.6 is 0 Å². The summed E-state index contributed by atoms with van der Waals surface area (Å²) in [5.41, 5.74) is 2.42. The third kappa shape index (κ3) is 3.55. The Morgan fingerprint density at radius 3 is 2.41 bits per heavy atom. The largest absolute Gasteiger partial charge is 0.387 e. The normalized spacial score (nSPS) is 18.5. The number of hydrogen-bond donors (Lipinski definition) is 1. The Kier molecular flexibility index (Phi) is 4.57. The van der Waals surface area contributed by atoms with Crippen molar-refractivity contribution in [3.05, 3.63) is 35.4 Å². The van der Waals surface area contributed by atoms with Gasteiger partial charge >= 0.3 is 0 Å². The van der Waals surface area contributed by atoms with E-state index in [0.717, 1.165) is 31.6 Å². The van der Waals surface area contributed by atoms with Crippen molar-refractivity contribution < 1.29 is 5.11 Å². The van der Waals surface area contributed by atoms with Gasteiger partial charge in [-0.05, 0) is 43.5 Å². The molecule has 1 fully saturated rings. The predicted molar refractivity (Wildman–Crippen MR) is 71.1 cm³/mol. The van der Waals surface area contributed by atoms with Gasteiger partial charge in [0, 0.05) is 6.54 Å². The van der Waals surface area contributed by atoms with E-state index < -0.39 is 0 Å². The first kappa shape index (κ1) is 12.6. The zero-order valence-electron chi connectivity index (χ0n) is 10.7. The van der Waals surface area contributed by atoms with Crippen molar-refractivity contribution in [2.45, 2.75) is 38.7 Å². The van der Waals surface area contributed by atoms with E-state index in [1.807, 2.05) is 0 Å². The van der Waals surface area contributed by atoms with Crippen LogP contribution in [0.25, 0.3) is 0 Å². The van der Waals surface area contributed by atoms with E-state index in [9.17, 15) is 5.11 Å². The van der Waals surface area contributed by atoms with E-state index >= 15 is 0 Å². The first-order valence-corrected chi connectivity index (χ1v) is 6.79. The number of β-amino-alcohol motifs (C(OH)–C–C–N with tert-alkyl or cyclic N) is 1. The van der Waals surface area contributed by atoms with Crippen LogP contribution in [0.3, 0.4) is 0 Å². The van der Waals surface area contributed by atoms with Crippen molar-refractivity contribution in [2.24, 2.45) is 0 Å². The zero-order chi connectivity index (χ0) is 12.1. The Morgan fingerprint density at radius 1 is 1.18 bits per heavy atom. The number of benzene rings is 1. The maximum Gasteiger partial charge on any atom is 0.0916 e. The molecular formula is C15H23NO. The molecule has 2 heteroatoms. The highest BCUT2D eigenvalue weighted by atomic mass is 16.3. The lowest BCUT2D eigenvalue weighted by molar-refractivity contribution is 0.126. The Hall–Kier alpha value is -0.860. The van der Waals surface area contributed by atoms with E-state index in [0.29, 0.717) is 0 Å². The predicted octanol–water partition coefficient (Wildman–Crippen LogP) is 2.77. The van der Waals surface area contributed by atoms with Gasteiger partial charge in [-0.15, -0.1) is 0 Å². The molecule has 0 bridgehead atoms. The summed E-state index contributed by atoms with van der Waals surface area (Å²) >= 11 is 0. The van der Waals surface area contributed by atoms with Crippen LogP contribution in [0.15, 0.2) is 24.3 Å². The van der Waals surface area contributed by atoms with Crippen molar-refractivity contribution in [1.82, 2.24) is 4.90 Å². The monoisotopic (exact) mass is 233 g/mol. The van der Waals surface area contributed by atoms with E-state index in [4.69, 9.17) is 0 Å². The molecule has 1 aliphatic heterocycles. The molecular weight excluding hydrogens is 210 g/mol. The fraction of sp³-hybridized carbons (Fsp3) is 0.600. The number of aliphatic hydroxyl groups excluding tert-OH is 1. The third-order valence-corrected chi connectivity index (χ3v) is 3.53. The number of nitrogens with zero attached hydrogens (tertiary/aromatic N) is 1. The molecule has 0 spiro atoms. The molecule has 94 valence electrons. The molecule has 2 rings (SSSR count). The van der Waals surface area contributed by atoms with Crippen LogP contribution < -0.4 is 0 Å². The van der Waals surface area contributed by atoms with Crippen LogP contribution in [0.1, 0.15) is 43.4 Å². The highest BCUT2D eigenvalue weighted by Gasteiger charge is 2.16. The van der Waals surface area contributed by atoms with Gasteiger partial charge in [-0.1, -0.05) is 37.6 Å². The second kappa shape index (κ2) is 6.18. The standard InChI is InChI=1S/C15H23NO/c1-2-5-13-6-8-14(9-7-13)15(17)12-16-10-3-4-11-16/h6-9,15,17H,2-5,10-12H2,1H3. The summed E-state index contributed by atoms with van der Waals surface area (Å²) in [7, 11) is 0. The summed E-state index contributed by atoms with van der Waals surface area (Å²) in [4.78, 5) is 2.35. The molecule has 0 amide bonds. The molecule has 2 nitrogen and oxygen atoms in total. The average Bonchev–Trinajstić information content (AvgIpc) is 2.83. The molecule has 0 aromatic heterocycles. The SMILES string of the molecule is CCCc1ccc(C(O)CN2CCCC2)cc1. The lowest BCUT2D eigenvalue weighted by atomic mass is 10.0. The fourth-order valence-corrected chi connectivity index (χ4v) is 2.51. The van der Waals surface area contributed by atoms with Crippen LogP contribution in [0.4, 0.5) is 0 Å². The number of hydrogen-bond acceptors (Lipinski definition) is 2. The van der Waals surface area contributed by atoms with E-state index in [2.05, 4.69) is 36.1 Å². The van der Waals surface area contributed by atoms with Gasteiger partial charge < -0.3 is 10.0 Å². The summed E-state index contributed by atoms with van der Waals surface area (Å²) in [6, 6.07) is 8.44. The fourth-order valence-electron chi connectivity index (χ4n) is 2.51. The highest BCUT2D eigenvalue weighted by molar-refractivity contribution is 5.24. The van der Waals surface area contributed by atoms with Gasteiger partial charge in [0.1, 0.15) is 0 Å². The van der Waals surface area contributed by atoms with Gasteiger partial charge in [-0.25, -0.2) is 0 Å². The topological polar surface area (TPSA) is 23.5 Å². The molecule has 1 N–H and O–H groups in total. The minimum atomic E-state index is -0.330. The molecule has 0 saturated carbocycles. The molecule has 1 aromatic rings. The van der Waals surface area contributed by atoms with Crippen molar-refractivity contribution >= 4 is 0 Å². The Bertz CT molecular complexity index is 327. The van der Waals surface area contributed by atoms with Crippen LogP contribution in [0.5, 0.6) is 0 Å². The molecule has 1 aliphatic rings. The van der Waals surface area contributed by atoms with E-state index in [1.54, 1.807) is 0 Å². The molecule has 0 radical (unpaired) electrons. The third-order valence-electron chi connectivity index (χ3n) is 3.53. The summed E-state index contributed by atoms with van der Waals surface area (Å²) in [5.74, 6) is 0. The molecule has 17 heavy (non-hydrogen) atoms. The van der Waals surface area contributed by atoms with Crippen molar-refractivity contribution in [2.75, 3.05) is 19.6 Å². The minimum absolute atomic E-state index is 0.330. The zero-order valence-corrected chi connectivity index (χ0v) is 10.7. The quantitative estimate of drug-likeness (QED) is 0.845. The minimum Gasteiger partial charge on any atom is -0.387 e. The number of likely N-dealkylation sites (tertiary alicyclic amines) is 1. The Labute approximate surface area is 104 Å². The molecule has 0 aliphatic carbocycles. The van der Waals surface area contributed by atoms with Crippen LogP contribution in [-0.4, -0.2) is 29.6 Å². The van der Waals surface area contributed by atoms with Crippen molar-refractivity contribution in [3.63, 3.8) is 0 Å². The van der Waals surface area contributed by atoms with Crippen molar-refractivity contribution in [1.29, 1.82) is 0 Å². The smallest absolute Gasteiger partial charge is 0.0916 e. The maximum absolute atomic E-state index is 10.2. The lowest BCUT2D eigenvalue weighted by Gasteiger charge is -2.19. The summed E-state index contributed by atoms with van der Waals surface area (Å²) in [5, 5.41) is 10.2. The summed E-state index contributed by atoms with van der Waals surface area (Å²) in [6.07, 6.45) is 4.53. The maximum atomic E-state index is 10.2. The molecule has 1 aromatic carbocycles. The number of rotatable bonds is 5. The van der Waals surface area contributed by atoms with Gasteiger partial charge in [-0.2, -0.15) is 0 Å². The van der Waals surface area contributed by atoms with Crippen molar-refractivity contribution in [3.8, 4) is 0 Å². The second-order valence-electron chi connectivity index (χ2n) is 5.02. The molecule has 1 saturated heterocycles. The molecule has 1 unspecified atom stereocenters. The number of aryl methyl sites for hydroxylation is 1. The van der Waals surface area contributed by atoms with Gasteiger partial charge in [0.2, 0.25) is 0 Å². The highest BCUT2D eigenvalue weighted by Crippen LogP contribution is 2.18. The Morgan fingerprint density at radius 2 is 1.82 bits per heavy atom. The summed E-state index contributed by atoms with van der Waals surface area (Å²) in [6.45, 7) is 5.26. The Balaban J connectivity index is 1.91. The number of aliphatic hydroxyl groups is 1. The van der Waals surface area contributed by atoms with E-state index in [1.165, 1.54) is 24.8 Å². The lowest BCUT2D eigenvalue weighted by Crippen LogP contribution is -2.25. The van der Waals surface area contributed by atoms with Crippen LogP contribution in [-0.2, 0) is 6.42 Å². The van der Waals surface area contributed by atoms with Crippen LogP contribution in [0.2, 0.25) is 0 Å². The van der Waals surface area contributed by atoms with Gasteiger partial charge in [0.25, 0.3) is 0 Å². The van der Waals surface area contributed by atoms with Gasteiger partial charge in [0.15, 0.2) is 0 Å². The second-order valence-corrected chi connectivity index (χ2v) is 5.02.